The zero-order valence-corrected chi connectivity index (χ0v) is 7.64. The van der Waals surface area contributed by atoms with Gasteiger partial charge in [-0.25, -0.2) is 0 Å². The Morgan fingerprint density at radius 2 is 2.36 bits per heavy atom. The van der Waals surface area contributed by atoms with E-state index in [1.807, 2.05) is 6.07 Å². The molecule has 0 unspecified atom stereocenters. The van der Waals surface area contributed by atoms with Crippen molar-refractivity contribution in [2.45, 2.75) is 25.4 Å². The Kier molecular flexibility index (Phi) is 1.65. The number of ether oxygens (including phenoxy) is 1. The van der Waals surface area contributed by atoms with Crippen molar-refractivity contribution in [3.63, 3.8) is 0 Å². The van der Waals surface area contributed by atoms with Crippen LogP contribution in [0.4, 0.5) is 0 Å². The van der Waals surface area contributed by atoms with Gasteiger partial charge in [0.1, 0.15) is 11.6 Å². The lowest BCUT2D eigenvalue weighted by Gasteiger charge is -2.24. The molecule has 0 amide bonds. The molecule has 0 spiro atoms. The molecule has 72 valence electrons. The Morgan fingerprint density at radius 1 is 1.43 bits per heavy atom. The van der Waals surface area contributed by atoms with E-state index in [1.165, 1.54) is 6.42 Å². The van der Waals surface area contributed by atoms with Gasteiger partial charge in [0.05, 0.1) is 12.5 Å². The molecular weight excluding hydrogens is 180 g/mol. The van der Waals surface area contributed by atoms with E-state index in [-0.39, 0.29) is 0 Å². The zero-order valence-electron chi connectivity index (χ0n) is 7.64. The number of fused-ring (bicyclic) bond motifs is 1. The first kappa shape index (κ1) is 7.79. The molecule has 14 heavy (non-hydrogen) atoms. The molecular formula is C10H10N2O2. The third-order valence-corrected chi connectivity index (χ3v) is 2.51. The lowest BCUT2D eigenvalue weighted by atomic mass is 9.96. The van der Waals surface area contributed by atoms with Crippen molar-refractivity contribution in [3.05, 3.63) is 18.5 Å². The fourth-order valence-corrected chi connectivity index (χ4v) is 1.44. The molecule has 1 aliphatic rings. The average molecular weight is 190 g/mol. The standard InChI is InChI=1S/C10H10N2O2/c1-2-7(3-1)14-10-11-6-9-8(12-10)4-5-13-9/h4-7H,1-3H2. The van der Waals surface area contributed by atoms with Crippen molar-refractivity contribution >= 4 is 11.1 Å². The van der Waals surface area contributed by atoms with E-state index in [4.69, 9.17) is 9.15 Å². The molecule has 3 rings (SSSR count). The second kappa shape index (κ2) is 2.97. The van der Waals surface area contributed by atoms with E-state index in [0.29, 0.717) is 17.7 Å². The van der Waals surface area contributed by atoms with Crippen molar-refractivity contribution in [2.75, 3.05) is 0 Å². The van der Waals surface area contributed by atoms with Crippen molar-refractivity contribution in [2.24, 2.45) is 0 Å². The Labute approximate surface area is 80.9 Å². The van der Waals surface area contributed by atoms with Crippen LogP contribution in [0.3, 0.4) is 0 Å². The topological polar surface area (TPSA) is 48.2 Å². The van der Waals surface area contributed by atoms with Gasteiger partial charge in [-0.2, -0.15) is 9.97 Å². The molecule has 0 radical (unpaired) electrons. The van der Waals surface area contributed by atoms with E-state index in [0.717, 1.165) is 18.4 Å². The molecule has 4 nitrogen and oxygen atoms in total. The van der Waals surface area contributed by atoms with Crippen LogP contribution in [-0.4, -0.2) is 16.1 Å². The first-order chi connectivity index (χ1) is 6.92. The van der Waals surface area contributed by atoms with Crippen LogP contribution < -0.4 is 4.74 Å². The predicted molar refractivity (Wildman–Crippen MR) is 50.1 cm³/mol. The van der Waals surface area contributed by atoms with Gasteiger partial charge in [0.15, 0.2) is 5.58 Å². The molecule has 0 bridgehead atoms. The second-order valence-electron chi connectivity index (χ2n) is 3.49. The minimum Gasteiger partial charge on any atom is -0.461 e. The highest BCUT2D eigenvalue weighted by molar-refractivity contribution is 5.71. The fraction of sp³-hybridized carbons (Fsp3) is 0.400. The Hall–Kier alpha value is -1.58. The van der Waals surface area contributed by atoms with Crippen LogP contribution in [-0.2, 0) is 0 Å². The molecule has 0 aliphatic heterocycles. The fourth-order valence-electron chi connectivity index (χ4n) is 1.44. The van der Waals surface area contributed by atoms with Crippen LogP contribution in [0.2, 0.25) is 0 Å². The lowest BCUT2D eigenvalue weighted by molar-refractivity contribution is 0.109. The quantitative estimate of drug-likeness (QED) is 0.728. The first-order valence-corrected chi connectivity index (χ1v) is 4.79. The van der Waals surface area contributed by atoms with Crippen molar-refractivity contribution in [3.8, 4) is 6.01 Å². The van der Waals surface area contributed by atoms with Crippen LogP contribution in [0.5, 0.6) is 6.01 Å². The number of aromatic nitrogens is 2. The Morgan fingerprint density at radius 3 is 3.14 bits per heavy atom. The average Bonchev–Trinajstić information content (AvgIpc) is 2.58. The Bertz CT molecular complexity index is 448. The highest BCUT2D eigenvalue weighted by Gasteiger charge is 2.20. The summed E-state index contributed by atoms with van der Waals surface area (Å²) in [4.78, 5) is 8.30. The maximum Gasteiger partial charge on any atom is 0.317 e. The monoisotopic (exact) mass is 190 g/mol. The van der Waals surface area contributed by atoms with E-state index in [9.17, 15) is 0 Å². The third-order valence-electron chi connectivity index (χ3n) is 2.51. The van der Waals surface area contributed by atoms with Gasteiger partial charge in [0.25, 0.3) is 0 Å². The SMILES string of the molecule is c1cc2nc(OC3CCC3)ncc2o1. The van der Waals surface area contributed by atoms with Crippen LogP contribution in [0.25, 0.3) is 11.1 Å². The van der Waals surface area contributed by atoms with Crippen molar-refractivity contribution in [1.29, 1.82) is 0 Å². The highest BCUT2D eigenvalue weighted by Crippen LogP contribution is 2.23. The molecule has 0 N–H and O–H groups in total. The zero-order chi connectivity index (χ0) is 9.38. The van der Waals surface area contributed by atoms with Crippen LogP contribution in [0.1, 0.15) is 19.3 Å². The van der Waals surface area contributed by atoms with E-state index >= 15 is 0 Å². The van der Waals surface area contributed by atoms with Gasteiger partial charge >= 0.3 is 6.01 Å². The summed E-state index contributed by atoms with van der Waals surface area (Å²) in [6, 6.07) is 2.27. The first-order valence-electron chi connectivity index (χ1n) is 4.79. The van der Waals surface area contributed by atoms with E-state index < -0.39 is 0 Å². The number of nitrogens with zero attached hydrogens (tertiary/aromatic N) is 2. The summed E-state index contributed by atoms with van der Waals surface area (Å²) >= 11 is 0. The summed E-state index contributed by atoms with van der Waals surface area (Å²) < 4.78 is 10.7. The molecule has 0 aromatic carbocycles. The van der Waals surface area contributed by atoms with Crippen LogP contribution >= 0.6 is 0 Å². The van der Waals surface area contributed by atoms with Gasteiger partial charge in [-0.05, 0) is 19.3 Å². The molecule has 2 heterocycles. The van der Waals surface area contributed by atoms with Crippen LogP contribution in [0, 0.1) is 0 Å². The summed E-state index contributed by atoms with van der Waals surface area (Å²) in [6.45, 7) is 0. The molecule has 1 saturated carbocycles. The van der Waals surface area contributed by atoms with Crippen LogP contribution in [0.15, 0.2) is 22.9 Å². The van der Waals surface area contributed by atoms with Crippen molar-refractivity contribution in [1.82, 2.24) is 9.97 Å². The molecule has 0 saturated heterocycles. The predicted octanol–water partition coefficient (Wildman–Crippen LogP) is 2.15. The number of rotatable bonds is 2. The maximum absolute atomic E-state index is 5.56. The summed E-state index contributed by atoms with van der Waals surface area (Å²) in [5.41, 5.74) is 1.50. The summed E-state index contributed by atoms with van der Waals surface area (Å²) in [5, 5.41) is 0. The smallest absolute Gasteiger partial charge is 0.317 e. The highest BCUT2D eigenvalue weighted by atomic mass is 16.5. The molecule has 1 aliphatic carbocycles. The molecule has 1 fully saturated rings. The largest absolute Gasteiger partial charge is 0.461 e. The van der Waals surface area contributed by atoms with Gasteiger partial charge < -0.3 is 9.15 Å². The Balaban J connectivity index is 1.88. The third kappa shape index (κ3) is 1.23. The number of hydrogen-bond acceptors (Lipinski definition) is 4. The lowest BCUT2D eigenvalue weighted by Crippen LogP contribution is -2.25. The minimum absolute atomic E-state index is 0.319. The summed E-state index contributed by atoms with van der Waals surface area (Å²) in [6.07, 6.45) is 7.06. The normalized spacial score (nSPS) is 16.9. The molecule has 2 aromatic heterocycles. The van der Waals surface area contributed by atoms with E-state index in [2.05, 4.69) is 9.97 Å². The molecule has 0 atom stereocenters. The molecule has 4 heteroatoms. The maximum atomic E-state index is 5.56. The summed E-state index contributed by atoms with van der Waals surface area (Å²) in [7, 11) is 0. The van der Waals surface area contributed by atoms with Gasteiger partial charge in [0.2, 0.25) is 0 Å². The van der Waals surface area contributed by atoms with Crippen molar-refractivity contribution < 1.29 is 9.15 Å². The van der Waals surface area contributed by atoms with Gasteiger partial charge in [-0.15, -0.1) is 0 Å². The second-order valence-corrected chi connectivity index (χ2v) is 3.49. The van der Waals surface area contributed by atoms with E-state index in [1.54, 1.807) is 12.5 Å². The molecule has 2 aromatic rings. The van der Waals surface area contributed by atoms with Gasteiger partial charge in [0, 0.05) is 6.07 Å². The number of furan rings is 1. The van der Waals surface area contributed by atoms with Gasteiger partial charge in [-0.1, -0.05) is 0 Å². The number of hydrogen-bond donors (Lipinski definition) is 0. The van der Waals surface area contributed by atoms with Gasteiger partial charge in [-0.3, -0.25) is 0 Å². The summed E-state index contributed by atoms with van der Waals surface area (Å²) in [5.74, 6) is 0. The minimum atomic E-state index is 0.319.